The van der Waals surface area contributed by atoms with Crippen molar-refractivity contribution in [3.05, 3.63) is 71.3 Å². The van der Waals surface area contributed by atoms with Crippen LogP contribution in [0.3, 0.4) is 0 Å². The van der Waals surface area contributed by atoms with Crippen LogP contribution in [0.5, 0.6) is 5.75 Å². The minimum absolute atomic E-state index is 0.0430. The van der Waals surface area contributed by atoms with Crippen LogP contribution in [-0.2, 0) is 14.8 Å². The zero-order valence-electron chi connectivity index (χ0n) is 15.4. The molecule has 0 radical (unpaired) electrons. The van der Waals surface area contributed by atoms with Crippen molar-refractivity contribution in [2.75, 3.05) is 4.72 Å². The average molecular weight is 435 g/mol. The third-order valence-corrected chi connectivity index (χ3v) is 5.38. The summed E-state index contributed by atoms with van der Waals surface area (Å²) in [4.78, 5) is 15.1. The lowest BCUT2D eigenvalue weighted by Crippen LogP contribution is -2.14. The van der Waals surface area contributed by atoms with Gasteiger partial charge in [-0.25, -0.2) is 12.8 Å². The molecular weight excluding hydrogens is 419 g/mol. The minimum Gasteiger partial charge on any atom is -0.427 e. The lowest BCUT2D eigenvalue weighted by atomic mass is 10.0. The summed E-state index contributed by atoms with van der Waals surface area (Å²) < 4.78 is 47.0. The Morgan fingerprint density at radius 3 is 2.55 bits per heavy atom. The molecule has 9 heteroatoms. The first-order valence-corrected chi connectivity index (χ1v) is 10.2. The smallest absolute Gasteiger partial charge is 0.308 e. The van der Waals surface area contributed by atoms with E-state index in [0.29, 0.717) is 16.7 Å². The highest BCUT2D eigenvalue weighted by molar-refractivity contribution is 7.92. The number of nitrogens with zero attached hydrogens (tertiary/aromatic N) is 1. The van der Waals surface area contributed by atoms with Gasteiger partial charge in [-0.15, -0.1) is 0 Å². The highest BCUT2D eigenvalue weighted by Gasteiger charge is 2.19. The second-order valence-electron chi connectivity index (χ2n) is 6.26. The van der Waals surface area contributed by atoms with Crippen LogP contribution in [0.1, 0.15) is 12.5 Å². The topological polar surface area (TPSA) is 85.4 Å². The van der Waals surface area contributed by atoms with Crippen molar-refractivity contribution in [3.63, 3.8) is 0 Å². The van der Waals surface area contributed by atoms with Crippen LogP contribution in [0.4, 0.5) is 10.1 Å². The van der Waals surface area contributed by atoms with E-state index in [1.165, 1.54) is 55.7 Å². The van der Waals surface area contributed by atoms with Crippen molar-refractivity contribution in [1.29, 1.82) is 0 Å². The molecule has 29 heavy (non-hydrogen) atoms. The van der Waals surface area contributed by atoms with Gasteiger partial charge in [-0.05, 0) is 54.4 Å². The number of rotatable bonds is 5. The number of ether oxygens (including phenoxy) is 1. The Kier molecular flexibility index (Phi) is 5.86. The van der Waals surface area contributed by atoms with Crippen LogP contribution in [0.15, 0.2) is 59.8 Å². The molecule has 1 heterocycles. The molecule has 150 valence electrons. The van der Waals surface area contributed by atoms with E-state index in [4.69, 9.17) is 16.3 Å². The first-order valence-electron chi connectivity index (χ1n) is 8.37. The molecule has 3 aromatic rings. The van der Waals surface area contributed by atoms with Gasteiger partial charge in [0.05, 0.1) is 5.69 Å². The number of nitrogens with one attached hydrogen (secondary N) is 1. The monoisotopic (exact) mass is 434 g/mol. The van der Waals surface area contributed by atoms with Crippen molar-refractivity contribution in [1.82, 2.24) is 4.98 Å². The van der Waals surface area contributed by atoms with Crippen molar-refractivity contribution < 1.29 is 22.3 Å². The Morgan fingerprint density at radius 2 is 1.90 bits per heavy atom. The lowest BCUT2D eigenvalue weighted by molar-refractivity contribution is -0.131. The van der Waals surface area contributed by atoms with Crippen molar-refractivity contribution >= 4 is 33.3 Å². The molecule has 0 amide bonds. The number of aryl methyl sites for hydroxylation is 1. The number of hydrogen-bond donors (Lipinski definition) is 1. The SMILES string of the molecule is CC(=O)Oc1ccc(-c2cc(F)cc(Cl)c2)c(NS(=O)(=O)c2cncc(C)c2)c1. The maximum absolute atomic E-state index is 13.8. The molecule has 0 saturated carbocycles. The van der Waals surface area contributed by atoms with Gasteiger partial charge < -0.3 is 4.74 Å². The molecule has 0 spiro atoms. The molecular formula is C20H16ClFN2O4S. The average Bonchev–Trinajstić information content (AvgIpc) is 2.60. The summed E-state index contributed by atoms with van der Waals surface area (Å²) in [6.45, 7) is 2.94. The fraction of sp³-hybridized carbons (Fsp3) is 0.100. The van der Waals surface area contributed by atoms with Crippen LogP contribution in [-0.4, -0.2) is 19.4 Å². The van der Waals surface area contributed by atoms with Gasteiger partial charge in [0.15, 0.2) is 0 Å². The summed E-state index contributed by atoms with van der Waals surface area (Å²) in [6, 6.07) is 9.65. The third kappa shape index (κ3) is 5.10. The zero-order valence-corrected chi connectivity index (χ0v) is 17.0. The van der Waals surface area contributed by atoms with E-state index in [-0.39, 0.29) is 21.4 Å². The maximum Gasteiger partial charge on any atom is 0.308 e. The van der Waals surface area contributed by atoms with E-state index in [0.717, 1.165) is 6.07 Å². The van der Waals surface area contributed by atoms with E-state index >= 15 is 0 Å². The summed E-state index contributed by atoms with van der Waals surface area (Å²) in [5, 5.41) is 0.153. The highest BCUT2D eigenvalue weighted by Crippen LogP contribution is 2.35. The van der Waals surface area contributed by atoms with Crippen molar-refractivity contribution in [2.24, 2.45) is 0 Å². The second kappa shape index (κ2) is 8.18. The van der Waals surface area contributed by atoms with Gasteiger partial charge in [0.1, 0.15) is 16.5 Å². The molecule has 0 unspecified atom stereocenters. The lowest BCUT2D eigenvalue weighted by Gasteiger charge is -2.15. The maximum atomic E-state index is 13.8. The van der Waals surface area contributed by atoms with E-state index in [1.807, 2.05) is 0 Å². The van der Waals surface area contributed by atoms with Gasteiger partial charge in [-0.1, -0.05) is 11.6 Å². The van der Waals surface area contributed by atoms with Gasteiger partial charge in [-0.2, -0.15) is 0 Å². The summed E-state index contributed by atoms with van der Waals surface area (Å²) in [5.74, 6) is -1.01. The molecule has 6 nitrogen and oxygen atoms in total. The van der Waals surface area contributed by atoms with Crippen LogP contribution < -0.4 is 9.46 Å². The molecule has 1 aromatic heterocycles. The standard InChI is InChI=1S/C20H16ClFN2O4S/c1-12-5-18(11-23-10-12)29(26,27)24-20-9-17(28-13(2)25)3-4-19(20)14-6-15(21)8-16(22)7-14/h3-11,24H,1-2H3. The Morgan fingerprint density at radius 1 is 1.14 bits per heavy atom. The number of aromatic nitrogens is 1. The van der Waals surface area contributed by atoms with Crippen LogP contribution in [0.2, 0.25) is 5.02 Å². The molecule has 0 aliphatic heterocycles. The van der Waals surface area contributed by atoms with Crippen LogP contribution >= 0.6 is 11.6 Å². The normalized spacial score (nSPS) is 11.2. The van der Waals surface area contributed by atoms with Crippen LogP contribution in [0, 0.1) is 12.7 Å². The predicted octanol–water partition coefficient (Wildman–Crippen LogP) is 4.58. The number of carbonyl (C=O) groups is 1. The number of benzene rings is 2. The fourth-order valence-electron chi connectivity index (χ4n) is 2.68. The summed E-state index contributed by atoms with van der Waals surface area (Å²) in [7, 11) is -4.01. The van der Waals surface area contributed by atoms with Crippen molar-refractivity contribution in [2.45, 2.75) is 18.7 Å². The number of halogens is 2. The number of carbonyl (C=O) groups excluding carboxylic acids is 1. The largest absolute Gasteiger partial charge is 0.427 e. The van der Waals surface area contributed by atoms with Gasteiger partial charge in [0.25, 0.3) is 10.0 Å². The van der Waals surface area contributed by atoms with Gasteiger partial charge >= 0.3 is 5.97 Å². The Hall–Kier alpha value is -2.97. The zero-order chi connectivity index (χ0) is 21.2. The molecule has 0 bridgehead atoms. The number of esters is 1. The second-order valence-corrected chi connectivity index (χ2v) is 8.38. The molecule has 3 rings (SSSR count). The van der Waals surface area contributed by atoms with E-state index in [9.17, 15) is 17.6 Å². The van der Waals surface area contributed by atoms with Gasteiger partial charge in [0.2, 0.25) is 0 Å². The Labute approximate surface area is 172 Å². The Bertz CT molecular complexity index is 1180. The Balaban J connectivity index is 2.12. The van der Waals surface area contributed by atoms with Gasteiger partial charge in [0, 0.05) is 36.0 Å². The minimum atomic E-state index is -4.01. The molecule has 0 aliphatic carbocycles. The first kappa shape index (κ1) is 20.8. The van der Waals surface area contributed by atoms with Crippen LogP contribution in [0.25, 0.3) is 11.1 Å². The first-order chi connectivity index (χ1) is 13.6. The molecule has 2 aromatic carbocycles. The number of hydrogen-bond acceptors (Lipinski definition) is 5. The third-order valence-electron chi connectivity index (χ3n) is 3.83. The molecule has 0 atom stereocenters. The number of anilines is 1. The number of sulfonamides is 1. The molecule has 0 aliphatic rings. The van der Waals surface area contributed by atoms with E-state index in [2.05, 4.69) is 9.71 Å². The fourth-order valence-corrected chi connectivity index (χ4v) is 4.01. The van der Waals surface area contributed by atoms with Gasteiger partial charge in [-0.3, -0.25) is 14.5 Å². The summed E-state index contributed by atoms with van der Waals surface area (Å²) in [5.41, 5.74) is 1.46. The summed E-state index contributed by atoms with van der Waals surface area (Å²) in [6.07, 6.45) is 2.74. The molecule has 1 N–H and O–H groups in total. The highest BCUT2D eigenvalue weighted by atomic mass is 35.5. The summed E-state index contributed by atoms with van der Waals surface area (Å²) >= 11 is 5.94. The van der Waals surface area contributed by atoms with Crippen molar-refractivity contribution in [3.8, 4) is 16.9 Å². The molecule has 0 saturated heterocycles. The van der Waals surface area contributed by atoms with E-state index in [1.54, 1.807) is 6.92 Å². The predicted molar refractivity (Wildman–Crippen MR) is 108 cm³/mol. The quantitative estimate of drug-likeness (QED) is 0.469. The number of pyridine rings is 1. The molecule has 0 fully saturated rings. The van der Waals surface area contributed by atoms with E-state index < -0.39 is 21.8 Å².